The monoisotopic (exact) mass is 457 g/mol. The number of sulfonamides is 1. The molecule has 1 aliphatic heterocycles. The molecule has 0 unspecified atom stereocenters. The number of hydrogen-bond donors (Lipinski definition) is 2. The fourth-order valence-corrected chi connectivity index (χ4v) is 5.77. The van der Waals surface area contributed by atoms with Gasteiger partial charge < -0.3 is 14.4 Å². The van der Waals surface area contributed by atoms with Gasteiger partial charge in [-0.15, -0.1) is 0 Å². The van der Waals surface area contributed by atoms with Crippen LogP contribution < -0.4 is 10.5 Å². The van der Waals surface area contributed by atoms with Crippen molar-refractivity contribution in [1.82, 2.24) is 4.31 Å². The number of aromatic hydroxyl groups is 1. The minimum Gasteiger partial charge on any atom is -0.507 e. The summed E-state index contributed by atoms with van der Waals surface area (Å²) in [5.41, 5.74) is 3.24. The number of phenols is 1. The van der Waals surface area contributed by atoms with Gasteiger partial charge in [-0.1, -0.05) is 24.6 Å². The predicted octanol–water partition coefficient (Wildman–Crippen LogP) is 1.77. The van der Waals surface area contributed by atoms with Gasteiger partial charge in [0.1, 0.15) is 12.3 Å². The molecule has 3 aromatic rings. The van der Waals surface area contributed by atoms with Crippen molar-refractivity contribution in [2.24, 2.45) is 0 Å². The Bertz CT molecular complexity index is 1300. The summed E-state index contributed by atoms with van der Waals surface area (Å²) >= 11 is 0. The number of nitrogens with zero attached hydrogens (tertiary/aromatic N) is 1. The molecule has 0 bridgehead atoms. The van der Waals surface area contributed by atoms with Crippen molar-refractivity contribution in [1.29, 1.82) is 0 Å². The first-order valence-corrected chi connectivity index (χ1v) is 12.3. The summed E-state index contributed by atoms with van der Waals surface area (Å²) in [6.07, 6.45) is 0.658. The van der Waals surface area contributed by atoms with Crippen molar-refractivity contribution < 1.29 is 22.8 Å². The van der Waals surface area contributed by atoms with Crippen LogP contribution in [0.4, 0.5) is 0 Å². The fraction of sp³-hybridized carbons (Fsp3) is 0.375. The van der Waals surface area contributed by atoms with E-state index in [4.69, 9.17) is 4.42 Å². The van der Waals surface area contributed by atoms with Gasteiger partial charge in [0.15, 0.2) is 5.58 Å². The van der Waals surface area contributed by atoms with Gasteiger partial charge in [0.2, 0.25) is 10.0 Å². The Morgan fingerprint density at radius 2 is 1.75 bits per heavy atom. The number of fused-ring (bicyclic) bond motifs is 1. The summed E-state index contributed by atoms with van der Waals surface area (Å²) in [6, 6.07) is 10.2. The molecule has 2 N–H and O–H groups in total. The predicted molar refractivity (Wildman–Crippen MR) is 123 cm³/mol. The van der Waals surface area contributed by atoms with Crippen molar-refractivity contribution in [2.75, 3.05) is 26.2 Å². The molecule has 170 valence electrons. The van der Waals surface area contributed by atoms with Crippen LogP contribution in [-0.2, 0) is 23.0 Å². The molecule has 0 atom stereocenters. The summed E-state index contributed by atoms with van der Waals surface area (Å²) in [5, 5.41) is 11.7. The van der Waals surface area contributed by atoms with Crippen molar-refractivity contribution in [3.05, 3.63) is 69.1 Å². The zero-order valence-electron chi connectivity index (χ0n) is 18.6. The van der Waals surface area contributed by atoms with Crippen molar-refractivity contribution >= 4 is 21.0 Å². The molecule has 0 radical (unpaired) electrons. The number of hydrogen-bond acceptors (Lipinski definition) is 5. The zero-order chi connectivity index (χ0) is 23.0. The molecule has 0 aliphatic carbocycles. The lowest BCUT2D eigenvalue weighted by Crippen LogP contribution is -3.13. The molecule has 8 heteroatoms. The van der Waals surface area contributed by atoms with Crippen LogP contribution in [0.5, 0.6) is 5.75 Å². The van der Waals surface area contributed by atoms with Gasteiger partial charge in [0.25, 0.3) is 0 Å². The number of benzene rings is 2. The Morgan fingerprint density at radius 3 is 2.38 bits per heavy atom. The summed E-state index contributed by atoms with van der Waals surface area (Å²) < 4.78 is 33.0. The third-order valence-corrected chi connectivity index (χ3v) is 8.20. The molecule has 1 aromatic heterocycles. The van der Waals surface area contributed by atoms with Crippen LogP contribution in [-0.4, -0.2) is 44.0 Å². The number of aryl methyl sites for hydroxylation is 3. The number of phenolic OH excluding ortho intramolecular Hbond substituents is 1. The maximum absolute atomic E-state index is 13.0. The molecule has 2 aromatic carbocycles. The lowest BCUT2D eigenvalue weighted by atomic mass is 9.99. The van der Waals surface area contributed by atoms with Gasteiger partial charge in [-0.2, -0.15) is 4.31 Å². The summed E-state index contributed by atoms with van der Waals surface area (Å²) in [6.45, 7) is 8.19. The van der Waals surface area contributed by atoms with E-state index in [1.54, 1.807) is 24.3 Å². The zero-order valence-corrected chi connectivity index (χ0v) is 19.5. The average Bonchev–Trinajstić information content (AvgIpc) is 2.76. The van der Waals surface area contributed by atoms with Gasteiger partial charge in [0.05, 0.1) is 36.6 Å². The Labute approximate surface area is 187 Å². The summed E-state index contributed by atoms with van der Waals surface area (Å²) in [5.74, 6) is 0.163. The highest BCUT2D eigenvalue weighted by atomic mass is 32.2. The molecule has 1 fully saturated rings. The quantitative estimate of drug-likeness (QED) is 0.570. The van der Waals surface area contributed by atoms with Crippen molar-refractivity contribution in [3.63, 3.8) is 0 Å². The van der Waals surface area contributed by atoms with Crippen LogP contribution in [0, 0.1) is 13.8 Å². The number of quaternary nitrogens is 1. The van der Waals surface area contributed by atoms with E-state index >= 15 is 0 Å². The topological polar surface area (TPSA) is 92.3 Å². The molecule has 1 aliphatic rings. The van der Waals surface area contributed by atoms with Crippen LogP contribution in [0.1, 0.15) is 29.2 Å². The standard InChI is InChI=1S/C24H28N2O5S/c1-4-18-14-20-17(3)13-22(27)31-24(20)21(23(18)28)15-25-9-11-26(12-10-25)32(29,30)19-7-5-16(2)6-8-19/h5-8,13-14,28H,4,9-12,15H2,1-3H3/p+1. The molecular weight excluding hydrogens is 428 g/mol. The Balaban J connectivity index is 1.58. The molecule has 4 rings (SSSR count). The summed E-state index contributed by atoms with van der Waals surface area (Å²) in [4.78, 5) is 13.4. The first kappa shape index (κ1) is 22.5. The summed E-state index contributed by atoms with van der Waals surface area (Å²) in [7, 11) is -3.53. The van der Waals surface area contributed by atoms with Gasteiger partial charge >= 0.3 is 5.63 Å². The number of rotatable bonds is 5. The second kappa shape index (κ2) is 8.69. The fourth-order valence-electron chi connectivity index (χ4n) is 4.33. The van der Waals surface area contributed by atoms with E-state index in [-0.39, 0.29) is 5.75 Å². The van der Waals surface area contributed by atoms with E-state index in [0.29, 0.717) is 55.2 Å². The van der Waals surface area contributed by atoms with Gasteiger partial charge in [0, 0.05) is 11.5 Å². The van der Waals surface area contributed by atoms with Gasteiger partial charge in [-0.3, -0.25) is 0 Å². The second-order valence-electron chi connectivity index (χ2n) is 8.49. The highest BCUT2D eigenvalue weighted by Gasteiger charge is 2.31. The van der Waals surface area contributed by atoms with Gasteiger partial charge in [-0.25, -0.2) is 13.2 Å². The third kappa shape index (κ3) is 4.18. The molecule has 7 nitrogen and oxygen atoms in total. The number of piperazine rings is 1. The Kier molecular flexibility index (Phi) is 6.11. The minimum atomic E-state index is -3.53. The smallest absolute Gasteiger partial charge is 0.336 e. The van der Waals surface area contributed by atoms with E-state index in [0.717, 1.165) is 27.0 Å². The van der Waals surface area contributed by atoms with Crippen LogP contribution in [0.3, 0.4) is 0 Å². The van der Waals surface area contributed by atoms with Crippen molar-refractivity contribution in [3.8, 4) is 5.75 Å². The van der Waals surface area contributed by atoms with Crippen LogP contribution in [0.25, 0.3) is 11.0 Å². The second-order valence-corrected chi connectivity index (χ2v) is 10.4. The van der Waals surface area contributed by atoms with Crippen molar-refractivity contribution in [2.45, 2.75) is 38.6 Å². The third-order valence-electron chi connectivity index (χ3n) is 6.29. The van der Waals surface area contributed by atoms with Crippen LogP contribution in [0.2, 0.25) is 0 Å². The van der Waals surface area contributed by atoms with Crippen LogP contribution >= 0.6 is 0 Å². The molecule has 2 heterocycles. The molecular formula is C24H29N2O5S+. The molecule has 32 heavy (non-hydrogen) atoms. The molecule has 0 spiro atoms. The highest BCUT2D eigenvalue weighted by Crippen LogP contribution is 2.32. The van der Waals surface area contributed by atoms with E-state index < -0.39 is 15.6 Å². The normalized spacial score (nSPS) is 16.0. The Hall–Kier alpha value is -2.68. The van der Waals surface area contributed by atoms with Gasteiger partial charge in [-0.05, 0) is 49.6 Å². The first-order valence-electron chi connectivity index (χ1n) is 10.9. The minimum absolute atomic E-state index is 0.163. The molecule has 0 amide bonds. The lowest BCUT2D eigenvalue weighted by Gasteiger charge is -2.31. The molecule has 1 saturated heterocycles. The Morgan fingerprint density at radius 1 is 1.09 bits per heavy atom. The first-order chi connectivity index (χ1) is 15.2. The maximum atomic E-state index is 13.0. The largest absolute Gasteiger partial charge is 0.507 e. The average molecular weight is 458 g/mol. The SMILES string of the molecule is CCc1cc2c(C)cc(=O)oc2c(C[NH+]2CCN(S(=O)(=O)c3ccc(C)cc3)CC2)c1O. The van der Waals surface area contributed by atoms with E-state index in [9.17, 15) is 18.3 Å². The highest BCUT2D eigenvalue weighted by molar-refractivity contribution is 7.89. The van der Waals surface area contributed by atoms with E-state index in [1.807, 2.05) is 26.8 Å². The molecule has 0 saturated carbocycles. The van der Waals surface area contributed by atoms with E-state index in [1.165, 1.54) is 10.4 Å². The maximum Gasteiger partial charge on any atom is 0.336 e. The van der Waals surface area contributed by atoms with Crippen LogP contribution in [0.15, 0.2) is 50.5 Å². The van der Waals surface area contributed by atoms with E-state index in [2.05, 4.69) is 0 Å². The lowest BCUT2D eigenvalue weighted by molar-refractivity contribution is -0.917. The number of nitrogens with one attached hydrogen (secondary N) is 1.